The van der Waals surface area contributed by atoms with Crippen LogP contribution in [0.3, 0.4) is 0 Å². The molecule has 1 fully saturated rings. The normalized spacial score (nSPS) is 27.3. The lowest BCUT2D eigenvalue weighted by molar-refractivity contribution is -0.190. The van der Waals surface area contributed by atoms with Gasteiger partial charge in [0.1, 0.15) is 12.2 Å². The summed E-state index contributed by atoms with van der Waals surface area (Å²) in [5.41, 5.74) is 1.86. The van der Waals surface area contributed by atoms with E-state index in [1.54, 1.807) is 0 Å². The van der Waals surface area contributed by atoms with Crippen LogP contribution in [0.2, 0.25) is 5.04 Å². The number of hydrogen-bond donors (Lipinski definition) is 0. The molecule has 0 aromatic heterocycles. The number of benzene rings is 4. The minimum atomic E-state index is -2.78. The van der Waals surface area contributed by atoms with E-state index >= 15 is 0 Å². The first-order chi connectivity index (χ1) is 21.7. The van der Waals surface area contributed by atoms with E-state index in [0.29, 0.717) is 6.61 Å². The van der Waals surface area contributed by atoms with Crippen molar-refractivity contribution in [1.82, 2.24) is 0 Å². The monoisotopic (exact) mass is 680 g/mol. The van der Waals surface area contributed by atoms with Crippen LogP contribution in [0.4, 0.5) is 0 Å². The standard InChI is InChI=1S/C40H45BrO3Si/c1-30-28-40(29-42-45(39(2,3)4,33-22-13-7-14-23-33)34-24-15-8-16-25-34)27-17-26-35(41)38(40)44-37(32-20-11-6-12-21-32)36(43-30)31-18-9-5-10-19-31/h5-25,27,30,35-38H,26,28-29H2,1-4H3/t30-,35+,36+,37+,38-,40-/m0/s1. The van der Waals surface area contributed by atoms with E-state index in [9.17, 15) is 0 Å². The first-order valence-electron chi connectivity index (χ1n) is 16.2. The zero-order chi connectivity index (χ0) is 31.5. The minimum Gasteiger partial charge on any atom is -0.406 e. The SMILES string of the molecule is C[C@H]1C[C@]2(CO[Si](c3ccccc3)(c3ccccc3)C(C)(C)C)C=CC[C@@H](Br)[C@@H]2O[C@H](c2ccccc2)[C@@H](c2ccccc2)O1. The summed E-state index contributed by atoms with van der Waals surface area (Å²) in [7, 11) is -2.78. The van der Waals surface area contributed by atoms with E-state index in [1.807, 2.05) is 0 Å². The summed E-state index contributed by atoms with van der Waals surface area (Å²) in [4.78, 5) is 0.137. The fourth-order valence-corrected chi connectivity index (χ4v) is 13.0. The molecule has 1 aliphatic carbocycles. The predicted molar refractivity (Wildman–Crippen MR) is 191 cm³/mol. The molecule has 3 nitrogen and oxygen atoms in total. The third-order valence-electron chi connectivity index (χ3n) is 9.55. The summed E-state index contributed by atoms with van der Waals surface area (Å²) in [6.45, 7) is 9.78. The van der Waals surface area contributed by atoms with Gasteiger partial charge in [-0.25, -0.2) is 0 Å². The third kappa shape index (κ3) is 6.43. The average Bonchev–Trinajstić information content (AvgIpc) is 3.04. The molecule has 1 heterocycles. The molecule has 6 rings (SSSR count). The number of halogens is 1. The first-order valence-corrected chi connectivity index (χ1v) is 19.0. The summed E-state index contributed by atoms with van der Waals surface area (Å²) in [5.74, 6) is 0. The Morgan fingerprint density at radius 1 is 0.733 bits per heavy atom. The van der Waals surface area contributed by atoms with Crippen LogP contribution in [0.15, 0.2) is 133 Å². The average molecular weight is 682 g/mol. The largest absolute Gasteiger partial charge is 0.406 e. The molecular formula is C40H45BrO3Si. The van der Waals surface area contributed by atoms with Gasteiger partial charge in [-0.1, -0.05) is 170 Å². The van der Waals surface area contributed by atoms with Crippen LogP contribution in [0.1, 0.15) is 63.9 Å². The van der Waals surface area contributed by atoms with E-state index in [-0.39, 0.29) is 34.3 Å². The van der Waals surface area contributed by atoms with Gasteiger partial charge in [0.2, 0.25) is 0 Å². The van der Waals surface area contributed by atoms with Crippen molar-refractivity contribution in [3.63, 3.8) is 0 Å². The van der Waals surface area contributed by atoms with Gasteiger partial charge in [0.25, 0.3) is 8.32 Å². The van der Waals surface area contributed by atoms with Crippen LogP contribution in [0.5, 0.6) is 0 Å². The Labute approximate surface area is 278 Å². The van der Waals surface area contributed by atoms with Crippen molar-refractivity contribution < 1.29 is 13.9 Å². The highest BCUT2D eigenvalue weighted by Crippen LogP contribution is 2.50. The quantitative estimate of drug-likeness (QED) is 0.111. The Morgan fingerprint density at radius 3 is 1.69 bits per heavy atom. The summed E-state index contributed by atoms with van der Waals surface area (Å²) in [5, 5.41) is 2.45. The van der Waals surface area contributed by atoms with E-state index in [0.717, 1.165) is 24.0 Å². The Kier molecular flexibility index (Phi) is 9.65. The van der Waals surface area contributed by atoms with Gasteiger partial charge in [-0.15, -0.1) is 0 Å². The van der Waals surface area contributed by atoms with Gasteiger partial charge >= 0.3 is 0 Å². The second-order valence-electron chi connectivity index (χ2n) is 13.7. The molecule has 0 amide bonds. The first kappa shape index (κ1) is 32.2. The van der Waals surface area contributed by atoms with Crippen molar-refractivity contribution in [2.75, 3.05) is 6.61 Å². The molecule has 2 aliphatic rings. The highest BCUT2D eigenvalue weighted by atomic mass is 79.9. The molecule has 5 heteroatoms. The van der Waals surface area contributed by atoms with Crippen molar-refractivity contribution in [1.29, 1.82) is 0 Å². The van der Waals surface area contributed by atoms with Crippen LogP contribution >= 0.6 is 15.9 Å². The number of ether oxygens (including phenoxy) is 2. The van der Waals surface area contributed by atoms with Gasteiger partial charge in [0, 0.05) is 16.8 Å². The smallest absolute Gasteiger partial charge is 0.261 e. The maximum atomic E-state index is 7.64. The van der Waals surface area contributed by atoms with Gasteiger partial charge in [0.15, 0.2) is 0 Å². The van der Waals surface area contributed by atoms with Crippen LogP contribution in [-0.4, -0.2) is 32.0 Å². The number of alkyl halides is 1. The van der Waals surface area contributed by atoms with Crippen molar-refractivity contribution in [2.45, 2.75) is 74.8 Å². The maximum absolute atomic E-state index is 7.64. The molecule has 234 valence electrons. The Morgan fingerprint density at radius 2 is 1.20 bits per heavy atom. The molecule has 0 N–H and O–H groups in total. The Bertz CT molecular complexity index is 1500. The molecule has 0 bridgehead atoms. The molecule has 45 heavy (non-hydrogen) atoms. The minimum absolute atomic E-state index is 0.0296. The fourth-order valence-electron chi connectivity index (χ4n) is 7.54. The molecule has 1 aliphatic heterocycles. The van der Waals surface area contributed by atoms with E-state index < -0.39 is 13.7 Å². The second-order valence-corrected chi connectivity index (χ2v) is 19.2. The van der Waals surface area contributed by atoms with Crippen molar-refractivity contribution >= 4 is 34.6 Å². The van der Waals surface area contributed by atoms with Crippen molar-refractivity contribution in [3.05, 3.63) is 145 Å². The second kappa shape index (κ2) is 13.5. The molecule has 6 atom stereocenters. The molecule has 0 unspecified atom stereocenters. The molecular weight excluding hydrogens is 636 g/mol. The zero-order valence-corrected chi connectivity index (χ0v) is 29.4. The summed E-state index contributed by atoms with van der Waals surface area (Å²) in [6.07, 6.45) is 5.73. The summed E-state index contributed by atoms with van der Waals surface area (Å²) >= 11 is 4.11. The lowest BCUT2D eigenvalue weighted by Gasteiger charge is -2.51. The highest BCUT2D eigenvalue weighted by molar-refractivity contribution is 9.09. The molecule has 4 aromatic carbocycles. The maximum Gasteiger partial charge on any atom is 0.261 e. The van der Waals surface area contributed by atoms with E-state index in [2.05, 4.69) is 177 Å². The van der Waals surface area contributed by atoms with Crippen molar-refractivity contribution in [3.8, 4) is 0 Å². The highest BCUT2D eigenvalue weighted by Gasteiger charge is 2.54. The van der Waals surface area contributed by atoms with E-state index in [1.165, 1.54) is 10.4 Å². The topological polar surface area (TPSA) is 27.7 Å². The number of fused-ring (bicyclic) bond motifs is 1. The van der Waals surface area contributed by atoms with Gasteiger partial charge in [-0.3, -0.25) is 0 Å². The lowest BCUT2D eigenvalue weighted by Crippen LogP contribution is -2.68. The summed E-state index contributed by atoms with van der Waals surface area (Å²) < 4.78 is 22.0. The third-order valence-corrected chi connectivity index (χ3v) is 15.4. The molecule has 1 saturated heterocycles. The fraction of sp³-hybridized carbons (Fsp3) is 0.350. The lowest BCUT2D eigenvalue weighted by atomic mass is 9.72. The zero-order valence-electron chi connectivity index (χ0n) is 26.8. The van der Waals surface area contributed by atoms with Gasteiger partial charge < -0.3 is 13.9 Å². The number of hydrogen-bond acceptors (Lipinski definition) is 3. The number of rotatable bonds is 7. The van der Waals surface area contributed by atoms with Crippen LogP contribution in [0.25, 0.3) is 0 Å². The Balaban J connectivity index is 1.45. The molecule has 4 aromatic rings. The molecule has 0 radical (unpaired) electrons. The van der Waals surface area contributed by atoms with Crippen LogP contribution in [0, 0.1) is 5.41 Å². The molecule has 0 saturated carbocycles. The Hall–Kier alpha value is -2.80. The van der Waals surface area contributed by atoms with Crippen LogP contribution < -0.4 is 10.4 Å². The van der Waals surface area contributed by atoms with E-state index in [4.69, 9.17) is 13.9 Å². The van der Waals surface area contributed by atoms with Gasteiger partial charge in [-0.2, -0.15) is 0 Å². The van der Waals surface area contributed by atoms with Gasteiger partial charge in [-0.05, 0) is 46.3 Å². The predicted octanol–water partition coefficient (Wildman–Crippen LogP) is 8.95. The van der Waals surface area contributed by atoms with Crippen molar-refractivity contribution in [2.24, 2.45) is 5.41 Å². The summed E-state index contributed by atoms with van der Waals surface area (Å²) in [6, 6.07) is 43.0. The van der Waals surface area contributed by atoms with Gasteiger partial charge in [0.05, 0.1) is 12.2 Å². The van der Waals surface area contributed by atoms with Crippen LogP contribution in [-0.2, 0) is 13.9 Å². The molecule has 0 spiro atoms. The number of allylic oxidation sites excluding steroid dienone is 1.